The van der Waals surface area contributed by atoms with Gasteiger partial charge in [0.2, 0.25) is 5.95 Å². The molecule has 0 bridgehead atoms. The standard InChI is InChI=1S/C26H33F2N7O/c1-16(2)24-32-26(36-33-24)34-9-7-17(8-10-34)3-4-18-12-30-25(31-13-18)35-14-21(23(29)15-35)20-11-19(27)5-6-22(20)28/h5-6,11-13,16-17,21,23H,3-4,7-10,14-15,29H2,1-2H3/t21-,23+/m1/s1. The van der Waals surface area contributed by atoms with Crippen molar-refractivity contribution < 1.29 is 13.3 Å². The molecule has 5 rings (SSSR count). The number of hydrogen-bond donors (Lipinski definition) is 1. The summed E-state index contributed by atoms with van der Waals surface area (Å²) in [5.74, 6) is 1.02. The fraction of sp³-hybridized carbons (Fsp3) is 0.538. The van der Waals surface area contributed by atoms with Crippen molar-refractivity contribution in [3.05, 3.63) is 59.2 Å². The summed E-state index contributed by atoms with van der Waals surface area (Å²) in [6.45, 7) is 6.91. The molecule has 1 aromatic carbocycles. The van der Waals surface area contributed by atoms with Crippen molar-refractivity contribution in [2.45, 2.75) is 57.4 Å². The van der Waals surface area contributed by atoms with Crippen molar-refractivity contribution in [2.24, 2.45) is 11.7 Å². The number of anilines is 2. The SMILES string of the molecule is CC(C)c1noc(N2CCC(CCc3cnc(N4C[C@H](c5cc(F)ccc5F)[C@@H](N)C4)nc3)CC2)n1. The van der Waals surface area contributed by atoms with E-state index in [1.807, 2.05) is 17.3 Å². The molecule has 36 heavy (non-hydrogen) atoms. The maximum absolute atomic E-state index is 14.3. The molecule has 0 amide bonds. The van der Waals surface area contributed by atoms with E-state index in [9.17, 15) is 8.78 Å². The predicted molar refractivity (Wildman–Crippen MR) is 133 cm³/mol. The van der Waals surface area contributed by atoms with Gasteiger partial charge in [0.1, 0.15) is 11.6 Å². The van der Waals surface area contributed by atoms with Crippen LogP contribution in [0.1, 0.15) is 61.9 Å². The molecule has 0 unspecified atom stereocenters. The van der Waals surface area contributed by atoms with Crippen molar-refractivity contribution >= 4 is 12.0 Å². The second kappa shape index (κ2) is 10.5. The molecule has 192 valence electrons. The van der Waals surface area contributed by atoms with Crippen LogP contribution in [0, 0.1) is 17.6 Å². The Morgan fingerprint density at radius 3 is 2.53 bits per heavy atom. The molecule has 2 aliphatic heterocycles. The zero-order chi connectivity index (χ0) is 25.2. The summed E-state index contributed by atoms with van der Waals surface area (Å²) in [5.41, 5.74) is 7.68. The quantitative estimate of drug-likeness (QED) is 0.522. The highest BCUT2D eigenvalue weighted by atomic mass is 19.1. The number of benzene rings is 1. The summed E-state index contributed by atoms with van der Waals surface area (Å²) >= 11 is 0. The monoisotopic (exact) mass is 497 g/mol. The molecule has 2 saturated heterocycles. The van der Waals surface area contributed by atoms with E-state index in [4.69, 9.17) is 10.3 Å². The van der Waals surface area contributed by atoms with Gasteiger partial charge in [0.25, 0.3) is 0 Å². The lowest BCUT2D eigenvalue weighted by Gasteiger charge is -2.30. The van der Waals surface area contributed by atoms with Gasteiger partial charge in [0.15, 0.2) is 5.82 Å². The first kappa shape index (κ1) is 24.5. The van der Waals surface area contributed by atoms with Crippen LogP contribution in [0.15, 0.2) is 35.1 Å². The summed E-state index contributed by atoms with van der Waals surface area (Å²) in [5, 5.41) is 4.07. The van der Waals surface area contributed by atoms with Crippen LogP contribution >= 0.6 is 0 Å². The molecule has 4 heterocycles. The Kier molecular flexibility index (Phi) is 7.13. The predicted octanol–water partition coefficient (Wildman–Crippen LogP) is 4.04. The third-order valence-electron chi connectivity index (χ3n) is 7.37. The van der Waals surface area contributed by atoms with Crippen molar-refractivity contribution in [2.75, 3.05) is 36.0 Å². The van der Waals surface area contributed by atoms with Crippen LogP contribution in [0.5, 0.6) is 0 Å². The van der Waals surface area contributed by atoms with Gasteiger partial charge in [0, 0.05) is 56.5 Å². The zero-order valence-corrected chi connectivity index (χ0v) is 20.8. The van der Waals surface area contributed by atoms with Crippen LogP contribution in [0.3, 0.4) is 0 Å². The minimum absolute atomic E-state index is 0.258. The molecule has 8 nitrogen and oxygen atoms in total. The molecular weight excluding hydrogens is 464 g/mol. The second-order valence-electron chi connectivity index (χ2n) is 10.3. The average Bonchev–Trinajstić information content (AvgIpc) is 3.52. The Hall–Kier alpha value is -3.14. The Labute approximate surface area is 209 Å². The number of halogens is 2. The maximum Gasteiger partial charge on any atom is 0.324 e. The summed E-state index contributed by atoms with van der Waals surface area (Å²) in [6, 6.07) is 3.83. The van der Waals surface area contributed by atoms with E-state index in [1.165, 1.54) is 6.07 Å². The van der Waals surface area contributed by atoms with E-state index < -0.39 is 11.6 Å². The smallest absolute Gasteiger partial charge is 0.324 e. The normalized spacial score (nSPS) is 21.1. The molecule has 0 aliphatic carbocycles. The Morgan fingerprint density at radius 2 is 1.83 bits per heavy atom. The van der Waals surface area contributed by atoms with E-state index in [0.717, 1.165) is 62.3 Å². The van der Waals surface area contributed by atoms with Gasteiger partial charge < -0.3 is 20.1 Å². The van der Waals surface area contributed by atoms with Crippen LogP contribution in [0.25, 0.3) is 0 Å². The van der Waals surface area contributed by atoms with E-state index in [0.29, 0.717) is 36.5 Å². The lowest BCUT2D eigenvalue weighted by atomic mass is 9.91. The summed E-state index contributed by atoms with van der Waals surface area (Å²) in [4.78, 5) is 17.7. The first-order valence-electron chi connectivity index (χ1n) is 12.7. The number of nitrogens with zero attached hydrogens (tertiary/aromatic N) is 6. The topological polar surface area (TPSA) is 97.2 Å². The average molecular weight is 498 g/mol. The molecule has 0 spiro atoms. The fourth-order valence-corrected chi connectivity index (χ4v) is 5.13. The van der Waals surface area contributed by atoms with Gasteiger partial charge in [-0.05, 0) is 60.9 Å². The molecule has 2 fully saturated rings. The van der Waals surface area contributed by atoms with Gasteiger partial charge in [-0.3, -0.25) is 0 Å². The van der Waals surface area contributed by atoms with Crippen molar-refractivity contribution in [3.63, 3.8) is 0 Å². The molecule has 2 aromatic heterocycles. The third kappa shape index (κ3) is 5.33. The van der Waals surface area contributed by atoms with Gasteiger partial charge in [-0.1, -0.05) is 19.0 Å². The van der Waals surface area contributed by atoms with Crippen molar-refractivity contribution in [1.29, 1.82) is 0 Å². The molecule has 2 atom stereocenters. The number of nitrogens with two attached hydrogens (primary N) is 1. The first-order valence-corrected chi connectivity index (χ1v) is 12.7. The molecule has 0 saturated carbocycles. The highest BCUT2D eigenvalue weighted by Gasteiger charge is 2.34. The molecule has 0 radical (unpaired) electrons. The lowest BCUT2D eigenvalue weighted by Crippen LogP contribution is -2.34. The van der Waals surface area contributed by atoms with Gasteiger partial charge in [-0.2, -0.15) is 4.98 Å². The number of rotatable bonds is 7. The van der Waals surface area contributed by atoms with Crippen LogP contribution in [0.2, 0.25) is 0 Å². The van der Waals surface area contributed by atoms with Crippen LogP contribution in [0.4, 0.5) is 20.7 Å². The van der Waals surface area contributed by atoms with Gasteiger partial charge in [-0.25, -0.2) is 18.7 Å². The Bertz CT molecular complexity index is 1160. The fourth-order valence-electron chi connectivity index (χ4n) is 5.13. The molecule has 2 aliphatic rings. The van der Waals surface area contributed by atoms with Gasteiger partial charge >= 0.3 is 6.01 Å². The van der Waals surface area contributed by atoms with Gasteiger partial charge in [-0.15, -0.1) is 0 Å². The first-order chi connectivity index (χ1) is 17.4. The lowest BCUT2D eigenvalue weighted by molar-refractivity contribution is 0.348. The van der Waals surface area contributed by atoms with E-state index in [-0.39, 0.29) is 17.9 Å². The van der Waals surface area contributed by atoms with E-state index in [2.05, 4.69) is 38.9 Å². The van der Waals surface area contributed by atoms with Gasteiger partial charge in [0.05, 0.1) is 0 Å². The minimum atomic E-state index is -0.460. The maximum atomic E-state index is 14.3. The van der Waals surface area contributed by atoms with E-state index in [1.54, 1.807) is 0 Å². The van der Waals surface area contributed by atoms with Crippen LogP contribution < -0.4 is 15.5 Å². The van der Waals surface area contributed by atoms with Crippen LogP contribution in [-0.2, 0) is 6.42 Å². The molecular formula is C26H33F2N7O. The second-order valence-corrected chi connectivity index (χ2v) is 10.3. The van der Waals surface area contributed by atoms with Crippen molar-refractivity contribution in [3.8, 4) is 0 Å². The number of piperidine rings is 1. The largest absolute Gasteiger partial charge is 0.339 e. The summed E-state index contributed by atoms with van der Waals surface area (Å²) in [6.07, 6.45) is 7.90. The number of aromatic nitrogens is 4. The van der Waals surface area contributed by atoms with Crippen LogP contribution in [-0.4, -0.2) is 52.3 Å². The summed E-state index contributed by atoms with van der Waals surface area (Å²) in [7, 11) is 0. The zero-order valence-electron chi connectivity index (χ0n) is 20.8. The highest BCUT2D eigenvalue weighted by molar-refractivity contribution is 5.38. The minimum Gasteiger partial charge on any atom is -0.339 e. The van der Waals surface area contributed by atoms with Crippen molar-refractivity contribution in [1.82, 2.24) is 20.1 Å². The number of aryl methyl sites for hydroxylation is 1. The number of hydrogen-bond acceptors (Lipinski definition) is 8. The third-order valence-corrected chi connectivity index (χ3v) is 7.37. The highest BCUT2D eigenvalue weighted by Crippen LogP contribution is 2.31. The molecule has 3 aromatic rings. The van der Waals surface area contributed by atoms with E-state index >= 15 is 0 Å². The molecule has 2 N–H and O–H groups in total. The Balaban J connectivity index is 1.11. The molecule has 10 heteroatoms. The Morgan fingerprint density at radius 1 is 1.08 bits per heavy atom. The summed E-state index contributed by atoms with van der Waals surface area (Å²) < 4.78 is 33.4.